The van der Waals surface area contributed by atoms with Gasteiger partial charge in [0, 0.05) is 22.8 Å². The number of thiophene rings is 1. The molecule has 1 aromatic rings. The van der Waals surface area contributed by atoms with Gasteiger partial charge < -0.3 is 9.84 Å². The molecule has 17 heavy (non-hydrogen) atoms. The summed E-state index contributed by atoms with van der Waals surface area (Å²) in [5.41, 5.74) is 0.173. The molecule has 2 heterocycles. The van der Waals surface area contributed by atoms with Crippen LogP contribution in [0.1, 0.15) is 55.9 Å². The second-order valence-corrected chi connectivity index (χ2v) is 6.95. The van der Waals surface area contributed by atoms with E-state index in [1.165, 1.54) is 4.88 Å². The summed E-state index contributed by atoms with van der Waals surface area (Å²) in [6.45, 7) is 7.47. The van der Waals surface area contributed by atoms with Gasteiger partial charge in [0.25, 0.3) is 0 Å². The maximum atomic E-state index is 10.2. The summed E-state index contributed by atoms with van der Waals surface area (Å²) in [6.07, 6.45) is 2.86. The van der Waals surface area contributed by atoms with Crippen molar-refractivity contribution < 1.29 is 9.84 Å². The Bertz CT molecular complexity index is 359. The predicted octanol–water partition coefficient (Wildman–Crippen LogP) is 3.65. The smallest absolute Gasteiger partial charge is 0.0906 e. The number of hydrogen-bond donors (Lipinski definition) is 1. The highest BCUT2D eigenvalue weighted by molar-refractivity contribution is 7.12. The number of ether oxygens (including phenoxy) is 1. The predicted molar refractivity (Wildman–Crippen MR) is 71.6 cm³/mol. The molecule has 1 aromatic heterocycles. The van der Waals surface area contributed by atoms with Crippen molar-refractivity contribution in [3.05, 3.63) is 21.9 Å². The lowest BCUT2D eigenvalue weighted by Gasteiger charge is -2.16. The molecule has 2 atom stereocenters. The van der Waals surface area contributed by atoms with Gasteiger partial charge in [0.05, 0.1) is 12.2 Å². The van der Waals surface area contributed by atoms with Crippen LogP contribution in [-0.4, -0.2) is 17.8 Å². The topological polar surface area (TPSA) is 29.5 Å². The lowest BCUT2D eigenvalue weighted by molar-refractivity contribution is 0.0548. The highest BCUT2D eigenvalue weighted by atomic mass is 32.1. The normalized spacial score (nSPS) is 22.9. The number of rotatable bonds is 3. The minimum absolute atomic E-state index is 0.173. The average Bonchev–Trinajstić information content (AvgIpc) is 2.85. The van der Waals surface area contributed by atoms with Gasteiger partial charge in [0.15, 0.2) is 0 Å². The zero-order valence-corrected chi connectivity index (χ0v) is 11.7. The zero-order chi connectivity index (χ0) is 12.5. The van der Waals surface area contributed by atoms with E-state index in [1.54, 1.807) is 11.3 Å². The molecule has 0 amide bonds. The van der Waals surface area contributed by atoms with E-state index >= 15 is 0 Å². The number of aliphatic hydroxyl groups excluding tert-OH is 1. The van der Waals surface area contributed by atoms with Crippen molar-refractivity contribution in [1.82, 2.24) is 0 Å². The van der Waals surface area contributed by atoms with Gasteiger partial charge in [-0.15, -0.1) is 11.3 Å². The van der Waals surface area contributed by atoms with Gasteiger partial charge in [0.2, 0.25) is 0 Å². The molecule has 1 aliphatic rings. The van der Waals surface area contributed by atoms with Crippen LogP contribution in [0.15, 0.2) is 12.1 Å². The van der Waals surface area contributed by atoms with E-state index in [9.17, 15) is 5.11 Å². The summed E-state index contributed by atoms with van der Waals surface area (Å²) in [6, 6.07) is 4.20. The minimum Gasteiger partial charge on any atom is -0.387 e. The largest absolute Gasteiger partial charge is 0.387 e. The summed E-state index contributed by atoms with van der Waals surface area (Å²) in [4.78, 5) is 2.41. The molecule has 2 unspecified atom stereocenters. The van der Waals surface area contributed by atoms with Gasteiger partial charge >= 0.3 is 0 Å². The first-order valence-corrected chi connectivity index (χ1v) is 7.18. The fraction of sp³-hybridized carbons (Fsp3) is 0.714. The van der Waals surface area contributed by atoms with Crippen LogP contribution in [0.25, 0.3) is 0 Å². The minimum atomic E-state index is -0.362. The zero-order valence-electron chi connectivity index (χ0n) is 10.9. The van der Waals surface area contributed by atoms with Gasteiger partial charge in [-0.1, -0.05) is 20.8 Å². The third-order valence-corrected chi connectivity index (χ3v) is 4.82. The molecule has 1 fully saturated rings. The molecule has 1 N–H and O–H groups in total. The third kappa shape index (κ3) is 3.30. The Morgan fingerprint density at radius 2 is 2.24 bits per heavy atom. The van der Waals surface area contributed by atoms with Crippen LogP contribution in [0.4, 0.5) is 0 Å². The van der Waals surface area contributed by atoms with E-state index in [0.29, 0.717) is 0 Å². The molecule has 2 rings (SSSR count). The van der Waals surface area contributed by atoms with Crippen molar-refractivity contribution in [3.63, 3.8) is 0 Å². The van der Waals surface area contributed by atoms with Crippen molar-refractivity contribution in [3.8, 4) is 0 Å². The fourth-order valence-corrected chi connectivity index (χ4v) is 3.19. The van der Waals surface area contributed by atoms with Crippen LogP contribution in [-0.2, 0) is 10.2 Å². The van der Waals surface area contributed by atoms with Crippen molar-refractivity contribution >= 4 is 11.3 Å². The summed E-state index contributed by atoms with van der Waals surface area (Å²) < 4.78 is 5.56. The monoisotopic (exact) mass is 254 g/mol. The Hall–Kier alpha value is -0.380. The molecular weight excluding hydrogens is 232 g/mol. The Morgan fingerprint density at radius 1 is 1.47 bits per heavy atom. The Balaban J connectivity index is 1.99. The van der Waals surface area contributed by atoms with E-state index in [-0.39, 0.29) is 17.6 Å². The Labute approximate surface area is 108 Å². The van der Waals surface area contributed by atoms with Crippen molar-refractivity contribution in [2.75, 3.05) is 6.61 Å². The molecule has 2 nitrogen and oxygen atoms in total. The van der Waals surface area contributed by atoms with E-state index in [2.05, 4.69) is 32.9 Å². The highest BCUT2D eigenvalue weighted by Gasteiger charge is 2.23. The summed E-state index contributed by atoms with van der Waals surface area (Å²) in [5.74, 6) is 0. The van der Waals surface area contributed by atoms with Gasteiger partial charge in [-0.3, -0.25) is 0 Å². The maximum absolute atomic E-state index is 10.2. The quantitative estimate of drug-likeness (QED) is 0.892. The molecule has 0 aromatic carbocycles. The average molecular weight is 254 g/mol. The molecule has 1 saturated heterocycles. The first kappa shape index (κ1) is 13.1. The first-order valence-electron chi connectivity index (χ1n) is 6.36. The van der Waals surface area contributed by atoms with Crippen LogP contribution < -0.4 is 0 Å². The molecule has 0 spiro atoms. The van der Waals surface area contributed by atoms with Gasteiger partial charge in [-0.2, -0.15) is 0 Å². The molecule has 0 aliphatic carbocycles. The van der Waals surface area contributed by atoms with Crippen molar-refractivity contribution in [1.29, 1.82) is 0 Å². The molecule has 3 heteroatoms. The molecule has 1 aliphatic heterocycles. The van der Waals surface area contributed by atoms with Gasteiger partial charge in [-0.05, 0) is 30.4 Å². The van der Waals surface area contributed by atoms with E-state index in [0.717, 1.165) is 30.7 Å². The van der Waals surface area contributed by atoms with E-state index in [1.807, 2.05) is 0 Å². The molecule has 0 bridgehead atoms. The van der Waals surface area contributed by atoms with Gasteiger partial charge in [0.1, 0.15) is 0 Å². The lowest BCUT2D eigenvalue weighted by Crippen LogP contribution is -2.10. The molecule has 0 radical (unpaired) electrons. The van der Waals surface area contributed by atoms with Crippen molar-refractivity contribution in [2.24, 2.45) is 0 Å². The summed E-state index contributed by atoms with van der Waals surface area (Å²) in [7, 11) is 0. The van der Waals surface area contributed by atoms with E-state index < -0.39 is 0 Å². The fourth-order valence-electron chi connectivity index (χ4n) is 2.13. The first-order chi connectivity index (χ1) is 7.97. The van der Waals surface area contributed by atoms with Crippen LogP contribution in [0.5, 0.6) is 0 Å². The Kier molecular flexibility index (Phi) is 3.91. The SMILES string of the molecule is CC(C)(C)c1ccc(C(O)CC2CCCO2)s1. The molecule has 0 saturated carbocycles. The second kappa shape index (κ2) is 5.09. The maximum Gasteiger partial charge on any atom is 0.0906 e. The van der Waals surface area contributed by atoms with Crippen LogP contribution in [0.3, 0.4) is 0 Å². The van der Waals surface area contributed by atoms with E-state index in [4.69, 9.17) is 4.74 Å². The summed E-state index contributed by atoms with van der Waals surface area (Å²) in [5, 5.41) is 10.2. The van der Waals surface area contributed by atoms with Crippen LogP contribution in [0.2, 0.25) is 0 Å². The third-order valence-electron chi connectivity index (χ3n) is 3.20. The summed E-state index contributed by atoms with van der Waals surface area (Å²) >= 11 is 1.73. The van der Waals surface area contributed by atoms with Crippen LogP contribution in [0, 0.1) is 0 Å². The Morgan fingerprint density at radius 3 is 2.76 bits per heavy atom. The second-order valence-electron chi connectivity index (χ2n) is 5.84. The van der Waals surface area contributed by atoms with Crippen molar-refractivity contribution in [2.45, 2.75) is 57.7 Å². The molecule has 96 valence electrons. The number of aliphatic hydroxyl groups is 1. The standard InChI is InChI=1S/C14H22O2S/c1-14(2,3)13-7-6-12(17-13)11(15)9-10-5-4-8-16-10/h6-7,10-11,15H,4-5,8-9H2,1-3H3. The van der Waals surface area contributed by atoms with Gasteiger partial charge in [-0.25, -0.2) is 0 Å². The molecular formula is C14H22O2S. The van der Waals surface area contributed by atoms with Crippen LogP contribution >= 0.6 is 11.3 Å². The number of hydrogen-bond acceptors (Lipinski definition) is 3. The lowest BCUT2D eigenvalue weighted by atomic mass is 9.95. The highest BCUT2D eigenvalue weighted by Crippen LogP contribution is 2.34.